The normalized spacial score (nSPS) is 16.4. The van der Waals surface area contributed by atoms with Crippen LogP contribution in [0.4, 0.5) is 0 Å². The molecular formula is C26H20ClN3O3. The van der Waals surface area contributed by atoms with E-state index < -0.39 is 0 Å². The molecule has 0 saturated heterocycles. The van der Waals surface area contributed by atoms with Gasteiger partial charge in [0.05, 0.1) is 11.7 Å². The zero-order chi connectivity index (χ0) is 22.5. The second kappa shape index (κ2) is 7.67. The maximum Gasteiger partial charge on any atom is 0.273 e. The van der Waals surface area contributed by atoms with Crippen LogP contribution in [0.3, 0.4) is 0 Å². The van der Waals surface area contributed by atoms with Crippen LogP contribution >= 0.6 is 11.6 Å². The predicted octanol–water partition coefficient (Wildman–Crippen LogP) is 5.51. The number of ether oxygens (including phenoxy) is 2. The van der Waals surface area contributed by atoms with E-state index in [1.165, 1.54) is 5.56 Å². The number of carbonyl (C=O) groups is 1. The molecular weight excluding hydrogens is 438 g/mol. The van der Waals surface area contributed by atoms with Crippen molar-refractivity contribution >= 4 is 17.5 Å². The third kappa shape index (κ3) is 3.34. The molecule has 6 nitrogen and oxygen atoms in total. The number of benzene rings is 3. The molecule has 0 fully saturated rings. The van der Waals surface area contributed by atoms with Gasteiger partial charge < -0.3 is 14.4 Å². The van der Waals surface area contributed by atoms with Crippen LogP contribution in [-0.2, 0) is 6.54 Å². The van der Waals surface area contributed by atoms with Crippen LogP contribution in [0.2, 0.25) is 5.02 Å². The second-order valence-electron chi connectivity index (χ2n) is 8.30. The minimum Gasteiger partial charge on any atom is -0.454 e. The number of H-pyrrole nitrogens is 1. The topological polar surface area (TPSA) is 67.5 Å². The quantitative estimate of drug-likeness (QED) is 0.438. The number of hydrogen-bond acceptors (Lipinski definition) is 4. The molecule has 0 bridgehead atoms. The predicted molar refractivity (Wildman–Crippen MR) is 124 cm³/mol. The van der Waals surface area contributed by atoms with Gasteiger partial charge in [-0.25, -0.2) is 0 Å². The number of aromatic nitrogens is 2. The van der Waals surface area contributed by atoms with E-state index in [1.807, 2.05) is 66.4 Å². The van der Waals surface area contributed by atoms with Gasteiger partial charge in [-0.15, -0.1) is 0 Å². The molecule has 3 aromatic carbocycles. The Morgan fingerprint density at radius 1 is 1.03 bits per heavy atom. The van der Waals surface area contributed by atoms with Gasteiger partial charge in [0.2, 0.25) is 6.79 Å². The second-order valence-corrected chi connectivity index (χ2v) is 8.74. The van der Waals surface area contributed by atoms with E-state index in [0.29, 0.717) is 23.0 Å². The van der Waals surface area contributed by atoms with Crippen molar-refractivity contribution < 1.29 is 14.3 Å². The van der Waals surface area contributed by atoms with E-state index in [0.717, 1.165) is 33.7 Å². The molecule has 6 rings (SSSR count). The van der Waals surface area contributed by atoms with Gasteiger partial charge in [0.1, 0.15) is 5.69 Å². The number of rotatable bonds is 4. The van der Waals surface area contributed by atoms with Crippen molar-refractivity contribution in [1.29, 1.82) is 0 Å². The Morgan fingerprint density at radius 3 is 2.58 bits per heavy atom. The van der Waals surface area contributed by atoms with Gasteiger partial charge >= 0.3 is 0 Å². The first-order valence-corrected chi connectivity index (χ1v) is 11.1. The van der Waals surface area contributed by atoms with Gasteiger partial charge in [-0.2, -0.15) is 5.10 Å². The maximum absolute atomic E-state index is 13.6. The summed E-state index contributed by atoms with van der Waals surface area (Å²) >= 11 is 6.16. The summed E-state index contributed by atoms with van der Waals surface area (Å²) in [4.78, 5) is 15.4. The first-order chi connectivity index (χ1) is 16.1. The van der Waals surface area contributed by atoms with Crippen molar-refractivity contribution in [3.05, 3.63) is 99.7 Å². The van der Waals surface area contributed by atoms with Crippen LogP contribution < -0.4 is 9.47 Å². The molecule has 33 heavy (non-hydrogen) atoms. The highest BCUT2D eigenvalue weighted by molar-refractivity contribution is 6.30. The summed E-state index contributed by atoms with van der Waals surface area (Å²) in [6.45, 7) is 2.68. The number of carbonyl (C=O) groups excluding carboxylic acids is 1. The molecule has 1 N–H and O–H groups in total. The van der Waals surface area contributed by atoms with Gasteiger partial charge in [-0.1, -0.05) is 59.6 Å². The highest BCUT2D eigenvalue weighted by Crippen LogP contribution is 2.44. The van der Waals surface area contributed by atoms with Gasteiger partial charge in [-0.3, -0.25) is 9.89 Å². The Morgan fingerprint density at radius 2 is 1.79 bits per heavy atom. The highest BCUT2D eigenvalue weighted by atomic mass is 35.5. The minimum atomic E-state index is -0.301. The largest absolute Gasteiger partial charge is 0.454 e. The van der Waals surface area contributed by atoms with Gasteiger partial charge in [0, 0.05) is 22.7 Å². The smallest absolute Gasteiger partial charge is 0.273 e. The fourth-order valence-electron chi connectivity index (χ4n) is 4.52. The van der Waals surface area contributed by atoms with Crippen molar-refractivity contribution in [2.75, 3.05) is 6.79 Å². The maximum atomic E-state index is 13.6. The monoisotopic (exact) mass is 457 g/mol. The summed E-state index contributed by atoms with van der Waals surface area (Å²) < 4.78 is 11.0. The fourth-order valence-corrected chi connectivity index (χ4v) is 4.64. The van der Waals surface area contributed by atoms with Crippen LogP contribution in [0.5, 0.6) is 11.5 Å². The van der Waals surface area contributed by atoms with Crippen LogP contribution in [-0.4, -0.2) is 27.8 Å². The van der Waals surface area contributed by atoms with Crippen molar-refractivity contribution in [2.24, 2.45) is 0 Å². The van der Waals surface area contributed by atoms with E-state index in [1.54, 1.807) is 0 Å². The summed E-state index contributed by atoms with van der Waals surface area (Å²) in [6, 6.07) is 21.3. The molecule has 1 aromatic heterocycles. The summed E-state index contributed by atoms with van der Waals surface area (Å²) in [5, 5.41) is 8.19. The van der Waals surface area contributed by atoms with Crippen LogP contribution in [0.25, 0.3) is 11.3 Å². The van der Waals surface area contributed by atoms with Crippen molar-refractivity contribution in [2.45, 2.75) is 19.5 Å². The number of nitrogens with one attached hydrogen (secondary N) is 1. The van der Waals surface area contributed by atoms with Crippen LogP contribution in [0, 0.1) is 6.92 Å². The molecule has 1 atom stereocenters. The Kier molecular flexibility index (Phi) is 4.62. The molecule has 164 valence electrons. The van der Waals surface area contributed by atoms with Crippen LogP contribution in [0.15, 0.2) is 66.7 Å². The number of amides is 1. The Bertz CT molecular complexity index is 1360. The molecule has 0 radical (unpaired) electrons. The summed E-state index contributed by atoms with van der Waals surface area (Å²) in [6.07, 6.45) is 0. The lowest BCUT2D eigenvalue weighted by Gasteiger charge is -2.26. The number of nitrogens with zero attached hydrogens (tertiary/aromatic N) is 2. The molecule has 2 aliphatic rings. The Hall–Kier alpha value is -3.77. The first-order valence-electron chi connectivity index (χ1n) is 10.7. The zero-order valence-corrected chi connectivity index (χ0v) is 18.6. The molecule has 1 amide bonds. The lowest BCUT2D eigenvalue weighted by Crippen LogP contribution is -2.29. The molecule has 3 heterocycles. The molecule has 2 aliphatic heterocycles. The van der Waals surface area contributed by atoms with E-state index in [2.05, 4.69) is 22.3 Å². The summed E-state index contributed by atoms with van der Waals surface area (Å²) in [5.74, 6) is 1.33. The van der Waals surface area contributed by atoms with E-state index in [9.17, 15) is 4.79 Å². The molecule has 4 aromatic rings. The first kappa shape index (κ1) is 19.9. The van der Waals surface area contributed by atoms with Crippen molar-refractivity contribution in [3.63, 3.8) is 0 Å². The SMILES string of the molecule is Cc1ccc(-c2n[nH]c3c2C(c2ccc(Cl)cc2)N(Cc2ccc4c(c2)OCO4)C3=O)cc1. The number of aromatic amines is 1. The minimum absolute atomic E-state index is 0.0894. The number of aryl methyl sites for hydroxylation is 1. The number of halogens is 1. The lowest BCUT2D eigenvalue weighted by atomic mass is 9.95. The Labute approximate surface area is 195 Å². The van der Waals surface area contributed by atoms with Gasteiger partial charge in [0.15, 0.2) is 11.5 Å². The van der Waals surface area contributed by atoms with E-state index in [4.69, 9.17) is 21.1 Å². The molecule has 7 heteroatoms. The van der Waals surface area contributed by atoms with E-state index in [-0.39, 0.29) is 18.7 Å². The number of hydrogen-bond donors (Lipinski definition) is 1. The van der Waals surface area contributed by atoms with Crippen LogP contribution in [0.1, 0.15) is 38.8 Å². The van der Waals surface area contributed by atoms with Gasteiger partial charge in [-0.05, 0) is 42.3 Å². The third-order valence-electron chi connectivity index (χ3n) is 6.16. The molecule has 0 spiro atoms. The summed E-state index contributed by atoms with van der Waals surface area (Å²) in [5.41, 5.74) is 6.25. The average Bonchev–Trinajstić information content (AvgIpc) is 3.52. The third-order valence-corrected chi connectivity index (χ3v) is 6.42. The lowest BCUT2D eigenvalue weighted by molar-refractivity contribution is 0.0730. The summed E-state index contributed by atoms with van der Waals surface area (Å²) in [7, 11) is 0. The molecule has 0 saturated carbocycles. The van der Waals surface area contributed by atoms with E-state index >= 15 is 0 Å². The molecule has 0 aliphatic carbocycles. The fraction of sp³-hybridized carbons (Fsp3) is 0.154. The number of fused-ring (bicyclic) bond motifs is 2. The van der Waals surface area contributed by atoms with Crippen molar-refractivity contribution in [1.82, 2.24) is 15.1 Å². The van der Waals surface area contributed by atoms with Gasteiger partial charge in [0.25, 0.3) is 5.91 Å². The molecule has 1 unspecified atom stereocenters. The average molecular weight is 458 g/mol. The van der Waals surface area contributed by atoms with Crippen molar-refractivity contribution in [3.8, 4) is 22.8 Å². The Balaban J connectivity index is 1.45. The highest BCUT2D eigenvalue weighted by Gasteiger charge is 2.42. The standard InChI is InChI=1S/C26H20ClN3O3/c1-15-2-5-17(6-3-15)23-22-24(29-28-23)26(31)30(25(22)18-7-9-19(27)10-8-18)13-16-4-11-20-21(12-16)33-14-32-20/h2-12,25H,13-14H2,1H3,(H,28,29). The zero-order valence-electron chi connectivity index (χ0n) is 17.8.